The molecule has 0 aromatic carbocycles. The third-order valence-corrected chi connectivity index (χ3v) is 5.31. The Morgan fingerprint density at radius 2 is 1.81 bits per heavy atom. The topological polar surface area (TPSA) is 71.3 Å². The first-order valence-electron chi connectivity index (χ1n) is 7.69. The van der Waals surface area contributed by atoms with Crippen LogP contribution < -0.4 is 10.0 Å². The van der Waals surface area contributed by atoms with Gasteiger partial charge in [0.15, 0.2) is 0 Å². The highest BCUT2D eigenvalue weighted by Gasteiger charge is 2.28. The fourth-order valence-corrected chi connectivity index (χ4v) is 4.29. The summed E-state index contributed by atoms with van der Waals surface area (Å²) in [5.74, 6) is 1.12. The first kappa shape index (κ1) is 18.2. The molecule has 1 rings (SSSR count). The van der Waals surface area contributed by atoms with Gasteiger partial charge >= 0.3 is 0 Å². The molecule has 2 N–H and O–H groups in total. The lowest BCUT2D eigenvalue weighted by Crippen LogP contribution is -2.35. The number of rotatable bonds is 9. The molecule has 1 unspecified atom stereocenters. The van der Waals surface area contributed by atoms with Crippen LogP contribution in [0.15, 0.2) is 9.31 Å². The predicted octanol–water partition coefficient (Wildman–Crippen LogP) is 2.86. The van der Waals surface area contributed by atoms with E-state index < -0.39 is 10.0 Å². The highest BCUT2D eigenvalue weighted by Crippen LogP contribution is 2.27. The van der Waals surface area contributed by atoms with E-state index in [1.165, 1.54) is 0 Å². The van der Waals surface area contributed by atoms with Gasteiger partial charge in [0.1, 0.15) is 16.4 Å². The average molecular weight is 316 g/mol. The molecule has 0 spiro atoms. The van der Waals surface area contributed by atoms with Gasteiger partial charge in [0, 0.05) is 18.2 Å². The fourth-order valence-electron chi connectivity index (χ4n) is 2.49. The number of nitrogens with one attached hydrogen (secondary N) is 2. The summed E-state index contributed by atoms with van der Waals surface area (Å²) in [6, 6.07) is -0.0263. The highest BCUT2D eigenvalue weighted by atomic mass is 32.2. The minimum Gasteiger partial charge on any atom is -0.465 e. The predicted molar refractivity (Wildman–Crippen MR) is 84.9 cm³/mol. The van der Waals surface area contributed by atoms with Crippen molar-refractivity contribution in [3.8, 4) is 0 Å². The van der Waals surface area contributed by atoms with Crippen LogP contribution in [0.3, 0.4) is 0 Å². The van der Waals surface area contributed by atoms with E-state index in [4.69, 9.17) is 4.42 Å². The summed E-state index contributed by atoms with van der Waals surface area (Å²) in [5, 5.41) is 3.17. The largest absolute Gasteiger partial charge is 0.465 e. The van der Waals surface area contributed by atoms with E-state index in [-0.39, 0.29) is 6.04 Å². The lowest BCUT2D eigenvalue weighted by molar-refractivity contribution is 0.489. The van der Waals surface area contributed by atoms with Crippen LogP contribution in [0, 0.1) is 13.8 Å². The molecule has 122 valence electrons. The van der Waals surface area contributed by atoms with Crippen LogP contribution in [0.1, 0.15) is 57.1 Å². The van der Waals surface area contributed by atoms with Crippen LogP contribution in [-0.4, -0.2) is 21.0 Å². The Labute approximate surface area is 128 Å². The van der Waals surface area contributed by atoms with Gasteiger partial charge in [-0.25, -0.2) is 13.1 Å². The van der Waals surface area contributed by atoms with E-state index in [9.17, 15) is 8.42 Å². The molecule has 0 fully saturated rings. The first-order chi connectivity index (χ1) is 9.87. The Bertz CT molecular complexity index is 550. The maximum absolute atomic E-state index is 12.7. The highest BCUT2D eigenvalue weighted by molar-refractivity contribution is 7.89. The maximum atomic E-state index is 12.7. The second-order valence-electron chi connectivity index (χ2n) is 5.32. The second-order valence-corrected chi connectivity index (χ2v) is 6.97. The van der Waals surface area contributed by atoms with E-state index in [0.29, 0.717) is 23.0 Å². The number of hydrogen-bond donors (Lipinski definition) is 2. The van der Waals surface area contributed by atoms with Crippen LogP contribution in [-0.2, 0) is 16.6 Å². The first-order valence-corrected chi connectivity index (χ1v) is 9.17. The van der Waals surface area contributed by atoms with Crippen molar-refractivity contribution in [2.24, 2.45) is 0 Å². The van der Waals surface area contributed by atoms with Crippen LogP contribution in [0.4, 0.5) is 0 Å². The van der Waals surface area contributed by atoms with E-state index in [1.54, 1.807) is 6.92 Å². The van der Waals surface area contributed by atoms with Gasteiger partial charge < -0.3 is 9.73 Å². The minimum atomic E-state index is -3.55. The molecule has 5 nitrogen and oxygen atoms in total. The summed E-state index contributed by atoms with van der Waals surface area (Å²) in [6.45, 7) is 10.8. The van der Waals surface area contributed by atoms with Crippen LogP contribution >= 0.6 is 0 Å². The molecule has 1 heterocycles. The number of aryl methyl sites for hydroxylation is 2. The standard InChI is InChI=1S/C15H28N2O3S/c1-6-9-13(7-2)17-21(18,19)15-12(5)20-11(4)14(15)10-16-8-3/h13,16-17H,6-10H2,1-5H3. The summed E-state index contributed by atoms with van der Waals surface area (Å²) < 4.78 is 33.8. The van der Waals surface area contributed by atoms with E-state index in [2.05, 4.69) is 17.0 Å². The van der Waals surface area contributed by atoms with Crippen molar-refractivity contribution in [2.45, 2.75) is 71.4 Å². The number of furan rings is 1. The van der Waals surface area contributed by atoms with Crippen LogP contribution in [0.5, 0.6) is 0 Å². The maximum Gasteiger partial charge on any atom is 0.244 e. The summed E-state index contributed by atoms with van der Waals surface area (Å²) in [6.07, 6.45) is 2.58. The third-order valence-electron chi connectivity index (χ3n) is 3.60. The molecule has 0 saturated heterocycles. The quantitative estimate of drug-likeness (QED) is 0.735. The van der Waals surface area contributed by atoms with Crippen molar-refractivity contribution in [3.05, 3.63) is 17.1 Å². The van der Waals surface area contributed by atoms with E-state index >= 15 is 0 Å². The van der Waals surface area contributed by atoms with Crippen molar-refractivity contribution in [1.82, 2.24) is 10.0 Å². The Morgan fingerprint density at radius 1 is 1.14 bits per heavy atom. The van der Waals surface area contributed by atoms with Crippen LogP contribution in [0.25, 0.3) is 0 Å². The van der Waals surface area contributed by atoms with Crippen molar-refractivity contribution >= 4 is 10.0 Å². The summed E-state index contributed by atoms with van der Waals surface area (Å²) in [7, 11) is -3.55. The zero-order valence-corrected chi connectivity index (χ0v) is 14.6. The van der Waals surface area contributed by atoms with Gasteiger partial charge in [0.05, 0.1) is 0 Å². The Morgan fingerprint density at radius 3 is 2.33 bits per heavy atom. The summed E-state index contributed by atoms with van der Waals surface area (Å²) >= 11 is 0. The molecule has 0 bridgehead atoms. The average Bonchev–Trinajstić information content (AvgIpc) is 2.70. The van der Waals surface area contributed by atoms with Gasteiger partial charge in [0.25, 0.3) is 0 Å². The Balaban J connectivity index is 3.12. The molecular formula is C15H28N2O3S. The van der Waals surface area contributed by atoms with Crippen molar-refractivity contribution in [1.29, 1.82) is 0 Å². The van der Waals surface area contributed by atoms with Crippen molar-refractivity contribution in [3.63, 3.8) is 0 Å². The molecule has 0 aliphatic carbocycles. The molecule has 6 heteroatoms. The molecule has 0 saturated carbocycles. The molecular weight excluding hydrogens is 288 g/mol. The van der Waals surface area contributed by atoms with Gasteiger partial charge in [-0.3, -0.25) is 0 Å². The summed E-state index contributed by atoms with van der Waals surface area (Å²) in [5.41, 5.74) is 0.730. The van der Waals surface area contributed by atoms with Crippen molar-refractivity contribution < 1.29 is 12.8 Å². The number of sulfonamides is 1. The third kappa shape index (κ3) is 4.56. The zero-order chi connectivity index (χ0) is 16.0. The van der Waals surface area contributed by atoms with Gasteiger partial charge in [0.2, 0.25) is 10.0 Å². The van der Waals surface area contributed by atoms with Gasteiger partial charge in [-0.2, -0.15) is 0 Å². The molecule has 0 aliphatic rings. The molecule has 21 heavy (non-hydrogen) atoms. The lowest BCUT2D eigenvalue weighted by Gasteiger charge is -2.17. The van der Waals surface area contributed by atoms with Gasteiger partial charge in [-0.05, 0) is 33.2 Å². The van der Waals surface area contributed by atoms with Crippen molar-refractivity contribution in [2.75, 3.05) is 6.54 Å². The number of hydrogen-bond acceptors (Lipinski definition) is 4. The minimum absolute atomic E-state index is 0.0263. The van der Waals surface area contributed by atoms with Crippen LogP contribution in [0.2, 0.25) is 0 Å². The zero-order valence-electron chi connectivity index (χ0n) is 13.7. The lowest BCUT2D eigenvalue weighted by atomic mass is 10.1. The van der Waals surface area contributed by atoms with Gasteiger partial charge in [-0.1, -0.05) is 27.2 Å². The summed E-state index contributed by atoms with van der Waals surface area (Å²) in [4.78, 5) is 0.301. The second kappa shape index (κ2) is 7.96. The SMILES string of the molecule is CCCC(CC)NS(=O)(=O)c1c(C)oc(C)c1CNCC. The molecule has 0 radical (unpaired) electrons. The fraction of sp³-hybridized carbons (Fsp3) is 0.733. The monoisotopic (exact) mass is 316 g/mol. The van der Waals surface area contributed by atoms with Gasteiger partial charge in [-0.15, -0.1) is 0 Å². The molecule has 0 aliphatic heterocycles. The normalized spacial score (nSPS) is 13.6. The molecule has 0 amide bonds. The smallest absolute Gasteiger partial charge is 0.244 e. The van der Waals surface area contributed by atoms with E-state index in [1.807, 2.05) is 20.8 Å². The van der Waals surface area contributed by atoms with E-state index in [0.717, 1.165) is 31.4 Å². The molecule has 1 atom stereocenters. The molecule has 1 aromatic heterocycles. The Kier molecular flexibility index (Phi) is 6.90. The molecule has 1 aromatic rings. The Hall–Kier alpha value is -0.850.